The molecule has 0 spiro atoms. The molecule has 0 radical (unpaired) electrons. The topological polar surface area (TPSA) is 70.6 Å². The summed E-state index contributed by atoms with van der Waals surface area (Å²) < 4.78 is 42.7. The van der Waals surface area contributed by atoms with Crippen LogP contribution in [-0.2, 0) is 21.4 Å². The summed E-state index contributed by atoms with van der Waals surface area (Å²) >= 11 is 8.15. The summed E-state index contributed by atoms with van der Waals surface area (Å²) in [7, 11) is -3.88. The molecule has 11 heteroatoms. The third-order valence-electron chi connectivity index (χ3n) is 5.62. The van der Waals surface area contributed by atoms with Gasteiger partial charge in [-0.2, -0.15) is 4.31 Å². The Kier molecular flexibility index (Phi) is 6.43. The smallest absolute Gasteiger partial charge is 0.253 e. The van der Waals surface area contributed by atoms with Gasteiger partial charge in [0.1, 0.15) is 16.1 Å². The van der Waals surface area contributed by atoms with Crippen molar-refractivity contribution in [2.45, 2.75) is 29.6 Å². The van der Waals surface area contributed by atoms with Crippen molar-refractivity contribution in [3.63, 3.8) is 0 Å². The van der Waals surface area contributed by atoms with Crippen LogP contribution >= 0.6 is 34.3 Å². The normalized spacial score (nSPS) is 16.8. The van der Waals surface area contributed by atoms with Gasteiger partial charge in [-0.1, -0.05) is 53.3 Å². The zero-order valence-corrected chi connectivity index (χ0v) is 20.9. The molecule has 1 aliphatic rings. The lowest BCUT2D eigenvalue weighted by molar-refractivity contribution is -0.121. The van der Waals surface area contributed by atoms with Crippen molar-refractivity contribution in [3.8, 4) is 0 Å². The third-order valence-corrected chi connectivity index (χ3v) is 10.3. The first kappa shape index (κ1) is 23.4. The number of amides is 1. The Balaban J connectivity index is 1.52. The van der Waals surface area contributed by atoms with E-state index in [0.717, 1.165) is 16.9 Å². The van der Waals surface area contributed by atoms with Gasteiger partial charge in [0, 0.05) is 6.54 Å². The van der Waals surface area contributed by atoms with E-state index in [9.17, 15) is 17.6 Å². The van der Waals surface area contributed by atoms with Crippen LogP contribution in [0, 0.1) is 5.82 Å². The van der Waals surface area contributed by atoms with Crippen LogP contribution in [-0.4, -0.2) is 36.2 Å². The molecular weight excluding hydrogens is 517 g/mol. The molecule has 6 nitrogen and oxygen atoms in total. The van der Waals surface area contributed by atoms with Crippen molar-refractivity contribution >= 4 is 65.6 Å². The Morgan fingerprint density at radius 2 is 1.94 bits per heavy atom. The number of carbonyl (C=O) groups is 1. The van der Waals surface area contributed by atoms with Gasteiger partial charge in [-0.3, -0.25) is 9.69 Å². The molecule has 1 aliphatic heterocycles. The first-order chi connectivity index (χ1) is 16.3. The lowest BCUT2D eigenvalue weighted by Crippen LogP contribution is -2.47. The molecule has 4 aromatic rings. The number of thiophene rings is 1. The van der Waals surface area contributed by atoms with E-state index < -0.39 is 16.1 Å². The number of thiazole rings is 1. The standard InChI is InChI=1S/C23H19ClFN3O3S3/c24-20-10-11-21(33-20)34(30,31)28-12-4-7-18(28)22(29)27(14-15-5-2-1-3-6-15)23-26-17-9-8-16(25)13-19(17)32-23/h1-3,5-6,8-11,13,18H,4,7,12,14H2. The maximum atomic E-state index is 13.9. The molecule has 0 aliphatic carbocycles. The minimum atomic E-state index is -3.88. The fraction of sp³-hybridized carbons (Fsp3) is 0.217. The van der Waals surface area contributed by atoms with E-state index in [2.05, 4.69) is 4.98 Å². The number of fused-ring (bicyclic) bond motifs is 1. The molecule has 5 rings (SSSR count). The number of hydrogen-bond donors (Lipinski definition) is 0. The zero-order chi connectivity index (χ0) is 23.9. The summed E-state index contributed by atoms with van der Waals surface area (Å²) in [6.07, 6.45) is 0.973. The van der Waals surface area contributed by atoms with Crippen LogP contribution in [0.25, 0.3) is 10.2 Å². The van der Waals surface area contributed by atoms with Gasteiger partial charge in [-0.05, 0) is 48.7 Å². The van der Waals surface area contributed by atoms with Crippen molar-refractivity contribution in [1.29, 1.82) is 0 Å². The molecule has 1 atom stereocenters. The predicted molar refractivity (Wildman–Crippen MR) is 133 cm³/mol. The number of sulfonamides is 1. The van der Waals surface area contributed by atoms with E-state index >= 15 is 0 Å². The van der Waals surface area contributed by atoms with E-state index in [1.165, 1.54) is 44.8 Å². The molecule has 1 unspecified atom stereocenters. The lowest BCUT2D eigenvalue weighted by Gasteiger charge is -2.28. The second-order valence-corrected chi connectivity index (χ2v) is 12.7. The fourth-order valence-electron chi connectivity index (χ4n) is 4.01. The molecule has 176 valence electrons. The van der Waals surface area contributed by atoms with E-state index in [4.69, 9.17) is 11.6 Å². The molecule has 0 saturated carbocycles. The highest BCUT2D eigenvalue weighted by Crippen LogP contribution is 2.35. The molecule has 1 amide bonds. The van der Waals surface area contributed by atoms with Crippen LogP contribution in [0.3, 0.4) is 0 Å². The van der Waals surface area contributed by atoms with Crippen molar-refractivity contribution in [2.24, 2.45) is 0 Å². The van der Waals surface area contributed by atoms with Gasteiger partial charge in [0.2, 0.25) is 5.91 Å². The number of hydrogen-bond acceptors (Lipinski definition) is 6. The maximum Gasteiger partial charge on any atom is 0.253 e. The Hall–Kier alpha value is -2.37. The van der Waals surface area contributed by atoms with Gasteiger partial charge < -0.3 is 0 Å². The Bertz CT molecular complexity index is 1460. The average molecular weight is 536 g/mol. The summed E-state index contributed by atoms with van der Waals surface area (Å²) in [5.74, 6) is -0.738. The van der Waals surface area contributed by atoms with E-state index in [1.807, 2.05) is 30.3 Å². The Labute approximate surface area is 209 Å². The van der Waals surface area contributed by atoms with Crippen LogP contribution in [0.1, 0.15) is 18.4 Å². The van der Waals surface area contributed by atoms with Crippen molar-refractivity contribution in [2.75, 3.05) is 11.4 Å². The molecule has 2 aromatic carbocycles. The molecule has 3 heterocycles. The lowest BCUT2D eigenvalue weighted by atomic mass is 10.1. The van der Waals surface area contributed by atoms with Gasteiger partial charge in [-0.15, -0.1) is 11.3 Å². The predicted octanol–water partition coefficient (Wildman–Crippen LogP) is 5.54. The van der Waals surface area contributed by atoms with E-state index in [0.29, 0.717) is 32.5 Å². The number of benzene rings is 2. The molecule has 1 saturated heterocycles. The highest BCUT2D eigenvalue weighted by atomic mass is 35.5. The van der Waals surface area contributed by atoms with E-state index in [1.54, 1.807) is 6.07 Å². The zero-order valence-electron chi connectivity index (χ0n) is 17.7. The first-order valence-corrected chi connectivity index (χ1v) is 14.0. The van der Waals surface area contributed by atoms with Crippen LogP contribution in [0.15, 0.2) is 64.9 Å². The van der Waals surface area contributed by atoms with Gasteiger partial charge >= 0.3 is 0 Å². The monoisotopic (exact) mass is 535 g/mol. The van der Waals surface area contributed by atoms with Crippen molar-refractivity contribution < 1.29 is 17.6 Å². The van der Waals surface area contributed by atoms with Gasteiger partial charge in [0.05, 0.1) is 21.1 Å². The quantitative estimate of drug-likeness (QED) is 0.325. The van der Waals surface area contributed by atoms with E-state index in [-0.39, 0.29) is 29.0 Å². The Morgan fingerprint density at radius 3 is 2.68 bits per heavy atom. The SMILES string of the molecule is O=C(C1CCCN1S(=O)(=O)c1ccc(Cl)s1)N(Cc1ccccc1)c1nc2ccc(F)cc2s1. The summed E-state index contributed by atoms with van der Waals surface area (Å²) in [6.45, 7) is 0.468. The minimum absolute atomic E-state index is 0.113. The molecule has 0 N–H and O–H groups in total. The molecular formula is C23H19ClFN3O3S3. The van der Waals surface area contributed by atoms with Gasteiger partial charge in [0.15, 0.2) is 5.13 Å². The largest absolute Gasteiger partial charge is 0.282 e. The number of carbonyl (C=O) groups excluding carboxylic acids is 1. The third kappa shape index (κ3) is 4.48. The summed E-state index contributed by atoms with van der Waals surface area (Å²) in [5.41, 5.74) is 1.45. The molecule has 0 bridgehead atoms. The van der Waals surface area contributed by atoms with Crippen LogP contribution in [0.2, 0.25) is 4.34 Å². The van der Waals surface area contributed by atoms with Crippen LogP contribution in [0.4, 0.5) is 9.52 Å². The molecule has 2 aromatic heterocycles. The fourth-order valence-corrected chi connectivity index (χ4v) is 8.27. The number of rotatable bonds is 6. The molecule has 34 heavy (non-hydrogen) atoms. The van der Waals surface area contributed by atoms with Crippen LogP contribution < -0.4 is 4.90 Å². The second-order valence-electron chi connectivity index (χ2n) is 7.85. The van der Waals surface area contributed by atoms with Gasteiger partial charge in [-0.25, -0.2) is 17.8 Å². The second kappa shape index (κ2) is 9.35. The van der Waals surface area contributed by atoms with Crippen molar-refractivity contribution in [1.82, 2.24) is 9.29 Å². The highest BCUT2D eigenvalue weighted by molar-refractivity contribution is 7.91. The summed E-state index contributed by atoms with van der Waals surface area (Å²) in [5, 5.41) is 0.401. The highest BCUT2D eigenvalue weighted by Gasteiger charge is 2.42. The number of halogens is 2. The summed E-state index contributed by atoms with van der Waals surface area (Å²) in [6, 6.07) is 15.8. The average Bonchev–Trinajstić information content (AvgIpc) is 3.57. The Morgan fingerprint density at radius 1 is 1.15 bits per heavy atom. The van der Waals surface area contributed by atoms with Gasteiger partial charge in [0.25, 0.3) is 10.0 Å². The van der Waals surface area contributed by atoms with Crippen LogP contribution in [0.5, 0.6) is 0 Å². The number of nitrogens with zero attached hydrogens (tertiary/aromatic N) is 3. The summed E-state index contributed by atoms with van der Waals surface area (Å²) in [4.78, 5) is 20.0. The first-order valence-electron chi connectivity index (χ1n) is 10.5. The number of anilines is 1. The maximum absolute atomic E-state index is 13.9. The molecule has 1 fully saturated rings. The number of aromatic nitrogens is 1. The van der Waals surface area contributed by atoms with Crippen molar-refractivity contribution in [3.05, 3.63) is 76.4 Å². The minimum Gasteiger partial charge on any atom is -0.282 e.